The van der Waals surface area contributed by atoms with E-state index in [1.807, 2.05) is 30.3 Å². The first-order chi connectivity index (χ1) is 9.79. The van der Waals surface area contributed by atoms with Crippen molar-refractivity contribution in [1.29, 1.82) is 0 Å². The molecule has 3 heteroatoms. The topological polar surface area (TPSA) is 41.5 Å². The number of aliphatic hydroxyl groups is 1. The van der Waals surface area contributed by atoms with Gasteiger partial charge in [-0.1, -0.05) is 54.6 Å². The van der Waals surface area contributed by atoms with Gasteiger partial charge in [0.15, 0.2) is 0 Å². The second kappa shape index (κ2) is 7.80. The predicted octanol–water partition coefficient (Wildman–Crippen LogP) is 2.66. The van der Waals surface area contributed by atoms with Crippen molar-refractivity contribution in [2.75, 3.05) is 13.7 Å². The van der Waals surface area contributed by atoms with Gasteiger partial charge in [-0.25, -0.2) is 0 Å². The zero-order valence-corrected chi connectivity index (χ0v) is 11.8. The molecule has 0 radical (unpaired) electrons. The highest BCUT2D eigenvalue weighted by molar-refractivity contribution is 5.22. The Labute approximate surface area is 120 Å². The lowest BCUT2D eigenvalue weighted by Gasteiger charge is -2.12. The number of methoxy groups -OCH3 is 1. The highest BCUT2D eigenvalue weighted by atomic mass is 16.5. The fourth-order valence-corrected chi connectivity index (χ4v) is 2.07. The van der Waals surface area contributed by atoms with Gasteiger partial charge in [0.25, 0.3) is 0 Å². The molecular formula is C17H21NO2. The Morgan fingerprint density at radius 2 is 1.65 bits per heavy atom. The number of nitrogens with one attached hydrogen (secondary N) is 1. The molecule has 0 aromatic heterocycles. The van der Waals surface area contributed by atoms with Gasteiger partial charge >= 0.3 is 0 Å². The highest BCUT2D eigenvalue weighted by Gasteiger charge is 2.05. The third-order valence-corrected chi connectivity index (χ3v) is 3.19. The molecule has 0 fully saturated rings. The van der Waals surface area contributed by atoms with Crippen molar-refractivity contribution in [2.45, 2.75) is 19.3 Å². The lowest BCUT2D eigenvalue weighted by molar-refractivity contribution is 0.174. The van der Waals surface area contributed by atoms with Crippen LogP contribution in [0.5, 0.6) is 0 Å². The maximum atomic E-state index is 10.0. The first kappa shape index (κ1) is 14.7. The smallest absolute Gasteiger partial charge is 0.0914 e. The fraction of sp³-hybridized carbons (Fsp3) is 0.294. The van der Waals surface area contributed by atoms with E-state index in [2.05, 4.69) is 29.6 Å². The molecule has 0 saturated carbocycles. The van der Waals surface area contributed by atoms with Crippen molar-refractivity contribution in [3.8, 4) is 0 Å². The Kier molecular flexibility index (Phi) is 5.74. The van der Waals surface area contributed by atoms with Crippen LogP contribution in [0.25, 0.3) is 0 Å². The van der Waals surface area contributed by atoms with Crippen molar-refractivity contribution >= 4 is 0 Å². The summed E-state index contributed by atoms with van der Waals surface area (Å²) in [5.41, 5.74) is 3.31. The minimum absolute atomic E-state index is 0.469. The molecule has 0 spiro atoms. The molecule has 0 heterocycles. The summed E-state index contributed by atoms with van der Waals surface area (Å²) in [5, 5.41) is 13.3. The third-order valence-electron chi connectivity index (χ3n) is 3.19. The predicted molar refractivity (Wildman–Crippen MR) is 80.3 cm³/mol. The van der Waals surface area contributed by atoms with E-state index in [0.29, 0.717) is 13.2 Å². The van der Waals surface area contributed by atoms with Gasteiger partial charge in [0.2, 0.25) is 0 Å². The molecule has 0 saturated heterocycles. The first-order valence-corrected chi connectivity index (χ1v) is 6.80. The maximum absolute atomic E-state index is 10.0. The standard InChI is InChI=1S/C17H21NO2/c1-20-13-15-9-7-14(8-10-15)11-18-12-17(19)16-5-3-2-4-6-16/h2-10,17-19H,11-13H2,1H3. The van der Waals surface area contributed by atoms with Crippen molar-refractivity contribution in [1.82, 2.24) is 5.32 Å². The molecular weight excluding hydrogens is 250 g/mol. The van der Waals surface area contributed by atoms with E-state index in [1.165, 1.54) is 11.1 Å². The quantitative estimate of drug-likeness (QED) is 0.813. The molecule has 2 aromatic carbocycles. The van der Waals surface area contributed by atoms with Gasteiger partial charge in [-0.3, -0.25) is 0 Å². The Hall–Kier alpha value is -1.68. The SMILES string of the molecule is COCc1ccc(CNCC(O)c2ccccc2)cc1. The number of aliphatic hydroxyl groups excluding tert-OH is 1. The van der Waals surface area contributed by atoms with Gasteiger partial charge < -0.3 is 15.2 Å². The molecule has 0 aliphatic rings. The van der Waals surface area contributed by atoms with Crippen LogP contribution in [0.15, 0.2) is 54.6 Å². The molecule has 106 valence electrons. The number of benzene rings is 2. The van der Waals surface area contributed by atoms with Crippen molar-refractivity contribution in [3.05, 3.63) is 71.3 Å². The Morgan fingerprint density at radius 3 is 2.30 bits per heavy atom. The molecule has 2 N–H and O–H groups in total. The van der Waals surface area contributed by atoms with Crippen molar-refractivity contribution < 1.29 is 9.84 Å². The summed E-state index contributed by atoms with van der Waals surface area (Å²) in [5.74, 6) is 0. The lowest BCUT2D eigenvalue weighted by atomic mass is 10.1. The van der Waals surface area contributed by atoms with Crippen LogP contribution in [0, 0.1) is 0 Å². The van der Waals surface area contributed by atoms with Crippen LogP contribution in [0.1, 0.15) is 22.8 Å². The first-order valence-electron chi connectivity index (χ1n) is 6.80. The van der Waals surface area contributed by atoms with E-state index in [4.69, 9.17) is 4.74 Å². The summed E-state index contributed by atoms with van der Waals surface area (Å²) in [4.78, 5) is 0. The molecule has 0 bridgehead atoms. The summed E-state index contributed by atoms with van der Waals surface area (Å²) in [6.45, 7) is 1.93. The molecule has 0 aliphatic heterocycles. The largest absolute Gasteiger partial charge is 0.387 e. The number of hydrogen-bond acceptors (Lipinski definition) is 3. The highest BCUT2D eigenvalue weighted by Crippen LogP contribution is 2.11. The van der Waals surface area contributed by atoms with Crippen LogP contribution in [-0.4, -0.2) is 18.8 Å². The van der Waals surface area contributed by atoms with Crippen molar-refractivity contribution in [2.24, 2.45) is 0 Å². The van der Waals surface area contributed by atoms with Gasteiger partial charge in [-0.15, -0.1) is 0 Å². The summed E-state index contributed by atoms with van der Waals surface area (Å²) < 4.78 is 5.08. The van der Waals surface area contributed by atoms with Crippen LogP contribution in [-0.2, 0) is 17.9 Å². The lowest BCUT2D eigenvalue weighted by Crippen LogP contribution is -2.21. The second-order valence-electron chi connectivity index (χ2n) is 4.81. The fourth-order valence-electron chi connectivity index (χ4n) is 2.07. The normalized spacial score (nSPS) is 12.3. The van der Waals surface area contributed by atoms with Crippen LogP contribution in [0.3, 0.4) is 0 Å². The number of rotatable bonds is 7. The number of hydrogen-bond donors (Lipinski definition) is 2. The van der Waals surface area contributed by atoms with Crippen LogP contribution in [0.2, 0.25) is 0 Å². The average Bonchev–Trinajstić information content (AvgIpc) is 2.50. The van der Waals surface area contributed by atoms with Crippen LogP contribution >= 0.6 is 0 Å². The monoisotopic (exact) mass is 271 g/mol. The Bertz CT molecular complexity index is 496. The van der Waals surface area contributed by atoms with E-state index in [1.54, 1.807) is 7.11 Å². The molecule has 2 rings (SSSR count). The average molecular weight is 271 g/mol. The molecule has 20 heavy (non-hydrogen) atoms. The summed E-state index contributed by atoms with van der Waals surface area (Å²) in [6, 6.07) is 18.0. The molecule has 0 aliphatic carbocycles. The van der Waals surface area contributed by atoms with E-state index < -0.39 is 6.10 Å². The van der Waals surface area contributed by atoms with Gasteiger partial charge in [-0.2, -0.15) is 0 Å². The Morgan fingerprint density at radius 1 is 1.00 bits per heavy atom. The van der Waals surface area contributed by atoms with E-state index in [0.717, 1.165) is 12.1 Å². The van der Waals surface area contributed by atoms with Gasteiger partial charge in [0, 0.05) is 20.2 Å². The van der Waals surface area contributed by atoms with Crippen LogP contribution in [0.4, 0.5) is 0 Å². The van der Waals surface area contributed by atoms with Gasteiger partial charge in [0.1, 0.15) is 0 Å². The minimum Gasteiger partial charge on any atom is -0.387 e. The molecule has 1 atom stereocenters. The van der Waals surface area contributed by atoms with Gasteiger partial charge in [-0.05, 0) is 16.7 Å². The summed E-state index contributed by atoms with van der Waals surface area (Å²) in [7, 11) is 1.69. The zero-order chi connectivity index (χ0) is 14.2. The maximum Gasteiger partial charge on any atom is 0.0914 e. The number of ether oxygens (including phenoxy) is 1. The molecule has 2 aromatic rings. The Balaban J connectivity index is 1.78. The molecule has 1 unspecified atom stereocenters. The third kappa shape index (κ3) is 4.46. The van der Waals surface area contributed by atoms with E-state index in [-0.39, 0.29) is 0 Å². The summed E-state index contributed by atoms with van der Waals surface area (Å²) >= 11 is 0. The second-order valence-corrected chi connectivity index (χ2v) is 4.81. The zero-order valence-electron chi connectivity index (χ0n) is 11.8. The molecule has 3 nitrogen and oxygen atoms in total. The van der Waals surface area contributed by atoms with Crippen molar-refractivity contribution in [3.63, 3.8) is 0 Å². The minimum atomic E-state index is -0.469. The van der Waals surface area contributed by atoms with E-state index >= 15 is 0 Å². The van der Waals surface area contributed by atoms with E-state index in [9.17, 15) is 5.11 Å². The summed E-state index contributed by atoms with van der Waals surface area (Å²) in [6.07, 6.45) is -0.469. The molecule has 0 amide bonds. The van der Waals surface area contributed by atoms with Crippen LogP contribution < -0.4 is 5.32 Å². The van der Waals surface area contributed by atoms with Gasteiger partial charge in [0.05, 0.1) is 12.7 Å².